The highest BCUT2D eigenvalue weighted by Gasteiger charge is 2.16. The number of carbonyl (C=O) groups is 2. The first-order chi connectivity index (χ1) is 7.91. The number of hydrazine groups is 1. The molecule has 0 fully saturated rings. The Morgan fingerprint density at radius 2 is 1.76 bits per heavy atom. The lowest BCUT2D eigenvalue weighted by atomic mass is 10.2. The van der Waals surface area contributed by atoms with Gasteiger partial charge in [0.2, 0.25) is 10.0 Å². The molecule has 1 rings (SSSR count). The number of carbonyl (C=O) groups excluding carboxylic acids is 1. The average Bonchev–Trinajstić information content (AvgIpc) is 2.26. The van der Waals surface area contributed by atoms with Crippen molar-refractivity contribution in [1.82, 2.24) is 10.3 Å². The Morgan fingerprint density at radius 1 is 1.18 bits per heavy atom. The summed E-state index contributed by atoms with van der Waals surface area (Å²) in [6.07, 6.45) is 0. The quantitative estimate of drug-likeness (QED) is 0.484. The van der Waals surface area contributed by atoms with Crippen LogP contribution in [-0.4, -0.2) is 25.4 Å². The minimum absolute atomic E-state index is 0.353. The maximum atomic E-state index is 11.4. The van der Waals surface area contributed by atoms with E-state index in [2.05, 4.69) is 0 Å². The first-order valence-corrected chi connectivity index (χ1v) is 6.12. The van der Waals surface area contributed by atoms with Gasteiger partial charge in [-0.05, 0) is 5.56 Å². The van der Waals surface area contributed by atoms with Gasteiger partial charge in [0.1, 0.15) is 0 Å². The molecule has 0 radical (unpaired) electrons. The molecule has 0 aromatic heterocycles. The summed E-state index contributed by atoms with van der Waals surface area (Å²) >= 11 is 0. The van der Waals surface area contributed by atoms with Crippen LogP contribution in [0.2, 0.25) is 0 Å². The lowest BCUT2D eigenvalue weighted by Crippen LogP contribution is -2.45. The molecule has 0 aliphatic rings. The van der Waals surface area contributed by atoms with Gasteiger partial charge in [-0.25, -0.2) is 13.2 Å². The zero-order chi connectivity index (χ0) is 12.9. The maximum Gasteiger partial charge on any atom is 0.395 e. The third kappa shape index (κ3) is 4.62. The Labute approximate surface area is 97.5 Å². The normalized spacial score (nSPS) is 10.8. The van der Waals surface area contributed by atoms with Crippen LogP contribution in [-0.2, 0) is 25.4 Å². The SMILES string of the molecule is O=C(O)C(=O)NNS(=O)(=O)Cc1ccccc1. The standard InChI is InChI=1S/C9H10N2O5S/c12-8(9(13)14)10-11-17(15,16)6-7-4-2-1-3-5-7/h1-5,11H,6H2,(H,10,12)(H,13,14). The van der Waals surface area contributed by atoms with Crippen molar-refractivity contribution in [3.8, 4) is 0 Å². The van der Waals surface area contributed by atoms with Crippen molar-refractivity contribution in [2.45, 2.75) is 5.75 Å². The first kappa shape index (κ1) is 13.1. The number of aliphatic carboxylic acids is 1. The van der Waals surface area contributed by atoms with Crippen molar-refractivity contribution in [1.29, 1.82) is 0 Å². The molecule has 3 N–H and O–H groups in total. The van der Waals surface area contributed by atoms with Gasteiger partial charge in [-0.3, -0.25) is 10.2 Å². The van der Waals surface area contributed by atoms with E-state index >= 15 is 0 Å². The fraction of sp³-hybridized carbons (Fsp3) is 0.111. The van der Waals surface area contributed by atoms with Gasteiger partial charge in [-0.15, -0.1) is 4.83 Å². The lowest BCUT2D eigenvalue weighted by molar-refractivity contribution is -0.150. The monoisotopic (exact) mass is 258 g/mol. The molecule has 8 heteroatoms. The fourth-order valence-electron chi connectivity index (χ4n) is 1.01. The fourth-order valence-corrected chi connectivity index (χ4v) is 1.96. The van der Waals surface area contributed by atoms with Crippen LogP contribution in [0.1, 0.15) is 5.56 Å². The number of carboxylic acids is 1. The highest BCUT2D eigenvalue weighted by atomic mass is 32.2. The van der Waals surface area contributed by atoms with Crippen LogP contribution >= 0.6 is 0 Å². The molecule has 0 aliphatic carbocycles. The molecule has 7 nitrogen and oxygen atoms in total. The van der Waals surface area contributed by atoms with Gasteiger partial charge in [-0.2, -0.15) is 0 Å². The van der Waals surface area contributed by atoms with Crippen molar-refractivity contribution in [2.75, 3.05) is 0 Å². The van der Waals surface area contributed by atoms with Crippen LogP contribution in [0.5, 0.6) is 0 Å². The third-order valence-corrected chi connectivity index (χ3v) is 2.84. The first-order valence-electron chi connectivity index (χ1n) is 4.47. The summed E-state index contributed by atoms with van der Waals surface area (Å²) in [6, 6.07) is 8.26. The van der Waals surface area contributed by atoms with Crippen molar-refractivity contribution < 1.29 is 23.1 Å². The number of nitrogens with one attached hydrogen (secondary N) is 2. The summed E-state index contributed by atoms with van der Waals surface area (Å²) in [7, 11) is -3.81. The number of rotatable bonds is 4. The van der Waals surface area contributed by atoms with Gasteiger partial charge in [-0.1, -0.05) is 30.3 Å². The van der Waals surface area contributed by atoms with E-state index in [4.69, 9.17) is 5.11 Å². The van der Waals surface area contributed by atoms with Gasteiger partial charge in [0.05, 0.1) is 5.75 Å². The zero-order valence-electron chi connectivity index (χ0n) is 8.58. The molecule has 0 unspecified atom stereocenters. The molecule has 0 heterocycles. The predicted octanol–water partition coefficient (Wildman–Crippen LogP) is -0.778. The maximum absolute atomic E-state index is 11.4. The van der Waals surface area contributed by atoms with Crippen LogP contribution in [0.25, 0.3) is 0 Å². The van der Waals surface area contributed by atoms with Gasteiger partial charge >= 0.3 is 11.9 Å². The van der Waals surface area contributed by atoms with Crippen molar-refractivity contribution in [3.05, 3.63) is 35.9 Å². The number of hydrogen-bond acceptors (Lipinski definition) is 4. The molecule has 0 saturated heterocycles. The van der Waals surface area contributed by atoms with E-state index in [0.717, 1.165) is 0 Å². The summed E-state index contributed by atoms with van der Waals surface area (Å²) in [6.45, 7) is 0. The number of carboxylic acid groups (broad SMARTS) is 1. The lowest BCUT2D eigenvalue weighted by Gasteiger charge is -2.06. The topological polar surface area (TPSA) is 113 Å². The summed E-state index contributed by atoms with van der Waals surface area (Å²) in [5.74, 6) is -3.57. The second-order valence-electron chi connectivity index (χ2n) is 3.11. The molecule has 0 atom stereocenters. The van der Waals surface area contributed by atoms with E-state index < -0.39 is 21.9 Å². The van der Waals surface area contributed by atoms with Crippen LogP contribution < -0.4 is 10.3 Å². The largest absolute Gasteiger partial charge is 0.474 e. The highest BCUT2D eigenvalue weighted by Crippen LogP contribution is 2.02. The minimum Gasteiger partial charge on any atom is -0.474 e. The van der Waals surface area contributed by atoms with Crippen LogP contribution in [0.15, 0.2) is 30.3 Å². The second kappa shape index (κ2) is 5.41. The van der Waals surface area contributed by atoms with Crippen molar-refractivity contribution in [3.63, 3.8) is 0 Å². The molecule has 0 saturated carbocycles. The molecular formula is C9H10N2O5S. The zero-order valence-corrected chi connectivity index (χ0v) is 9.40. The van der Waals surface area contributed by atoms with Gasteiger partial charge < -0.3 is 5.11 Å². The van der Waals surface area contributed by atoms with E-state index in [0.29, 0.717) is 5.56 Å². The smallest absolute Gasteiger partial charge is 0.395 e. The van der Waals surface area contributed by atoms with Crippen molar-refractivity contribution >= 4 is 21.9 Å². The minimum atomic E-state index is -3.81. The molecule has 0 aliphatic heterocycles. The van der Waals surface area contributed by atoms with Crippen LogP contribution in [0.4, 0.5) is 0 Å². The summed E-state index contributed by atoms with van der Waals surface area (Å²) in [4.78, 5) is 22.4. The number of sulfonamides is 1. The van der Waals surface area contributed by atoms with E-state index in [1.165, 1.54) is 0 Å². The van der Waals surface area contributed by atoms with E-state index in [9.17, 15) is 18.0 Å². The third-order valence-electron chi connectivity index (χ3n) is 1.71. The molecule has 0 spiro atoms. The Morgan fingerprint density at radius 3 is 2.29 bits per heavy atom. The molecule has 1 amide bonds. The Bertz CT molecular complexity index is 511. The molecule has 0 bridgehead atoms. The van der Waals surface area contributed by atoms with Crippen LogP contribution in [0, 0.1) is 0 Å². The van der Waals surface area contributed by atoms with E-state index in [1.807, 2.05) is 0 Å². The van der Waals surface area contributed by atoms with Gasteiger partial charge in [0.25, 0.3) is 0 Å². The summed E-state index contributed by atoms with van der Waals surface area (Å²) in [5.41, 5.74) is 2.08. The summed E-state index contributed by atoms with van der Waals surface area (Å²) in [5, 5.41) is 8.22. The molecule has 1 aromatic rings. The number of hydrogen-bond donors (Lipinski definition) is 3. The Hall–Kier alpha value is -1.93. The Balaban J connectivity index is 2.59. The summed E-state index contributed by atoms with van der Waals surface area (Å²) < 4.78 is 22.8. The predicted molar refractivity (Wildman–Crippen MR) is 58.0 cm³/mol. The van der Waals surface area contributed by atoms with Gasteiger partial charge in [0.15, 0.2) is 0 Å². The molecular weight excluding hydrogens is 248 g/mol. The highest BCUT2D eigenvalue weighted by molar-refractivity contribution is 7.88. The molecule has 92 valence electrons. The van der Waals surface area contributed by atoms with Crippen LogP contribution in [0.3, 0.4) is 0 Å². The average molecular weight is 258 g/mol. The van der Waals surface area contributed by atoms with E-state index in [1.54, 1.807) is 40.6 Å². The Kier molecular flexibility index (Phi) is 4.18. The molecule has 1 aromatic carbocycles. The van der Waals surface area contributed by atoms with Gasteiger partial charge in [0, 0.05) is 0 Å². The van der Waals surface area contributed by atoms with Crippen molar-refractivity contribution in [2.24, 2.45) is 0 Å². The number of benzene rings is 1. The second-order valence-corrected chi connectivity index (χ2v) is 4.83. The van der Waals surface area contributed by atoms with E-state index in [-0.39, 0.29) is 5.75 Å². The molecule has 17 heavy (non-hydrogen) atoms. The number of amides is 1.